The number of ether oxygens (including phenoxy) is 3. The van der Waals surface area contributed by atoms with E-state index in [0.29, 0.717) is 40.7 Å². The number of aromatic nitrogens is 1. The van der Waals surface area contributed by atoms with E-state index in [2.05, 4.69) is 4.98 Å². The fourth-order valence-electron chi connectivity index (χ4n) is 7.21. The number of nitrogens with zero attached hydrogens (tertiary/aromatic N) is 2. The minimum Gasteiger partial charge on any atom is -0.497 e. The van der Waals surface area contributed by atoms with E-state index in [0.717, 1.165) is 0 Å². The van der Waals surface area contributed by atoms with Gasteiger partial charge in [0.25, 0.3) is 0 Å². The highest BCUT2D eigenvalue weighted by Crippen LogP contribution is 2.58. The number of methoxy groups -OCH3 is 1. The van der Waals surface area contributed by atoms with Crippen molar-refractivity contribution >= 4 is 44.6 Å². The third kappa shape index (κ3) is 10.0. The van der Waals surface area contributed by atoms with Crippen molar-refractivity contribution in [1.29, 1.82) is 0 Å². The summed E-state index contributed by atoms with van der Waals surface area (Å²) in [5, 5.41) is 1.00. The number of nitrogens with one attached hydrogen (secondary N) is 1. The van der Waals surface area contributed by atoms with Crippen molar-refractivity contribution in [3.8, 4) is 11.6 Å². The van der Waals surface area contributed by atoms with Crippen molar-refractivity contribution in [2.45, 2.75) is 109 Å². The molecule has 0 bridgehead atoms. The quantitative estimate of drug-likeness (QED) is 0.176. The molecule has 1 N–H and O–H groups in total. The highest BCUT2D eigenvalue weighted by molar-refractivity contribution is 7.85. The van der Waals surface area contributed by atoms with E-state index in [-0.39, 0.29) is 12.3 Å². The molecule has 1 unspecified atom stereocenters. The maximum absolute atomic E-state index is 14.3. The number of hydrogen-bond acceptors (Lipinski definition) is 11. The molecule has 0 radical (unpaired) electrons. The summed E-state index contributed by atoms with van der Waals surface area (Å²) in [6.07, 6.45) is -14.2. The van der Waals surface area contributed by atoms with Crippen molar-refractivity contribution in [1.82, 2.24) is 14.6 Å². The smallest absolute Gasteiger partial charge is 0.401 e. The zero-order chi connectivity index (χ0) is 41.6. The molecule has 2 saturated carbocycles. The Hall–Kier alpha value is -4.20. The van der Waals surface area contributed by atoms with Gasteiger partial charge >= 0.3 is 28.6 Å². The van der Waals surface area contributed by atoms with E-state index in [4.69, 9.17) is 18.4 Å². The van der Waals surface area contributed by atoms with Crippen LogP contribution in [0.25, 0.3) is 10.8 Å². The average Bonchev–Trinajstić information content (AvgIpc) is 3.97. The Balaban J connectivity index is 1.51. The van der Waals surface area contributed by atoms with Gasteiger partial charge in [0.05, 0.1) is 43.6 Å². The second kappa shape index (κ2) is 15.6. The summed E-state index contributed by atoms with van der Waals surface area (Å²) in [6.45, 7) is 4.96. The van der Waals surface area contributed by atoms with Gasteiger partial charge in [0.2, 0.25) is 17.7 Å². The van der Waals surface area contributed by atoms with E-state index in [1.807, 2.05) is 4.72 Å². The molecule has 0 spiro atoms. The van der Waals surface area contributed by atoms with Crippen LogP contribution in [0.2, 0.25) is 0 Å². The van der Waals surface area contributed by atoms with Crippen molar-refractivity contribution in [2.75, 3.05) is 13.7 Å². The molecule has 5 atom stereocenters. The predicted molar refractivity (Wildman–Crippen MR) is 184 cm³/mol. The van der Waals surface area contributed by atoms with E-state index in [1.54, 1.807) is 31.2 Å². The van der Waals surface area contributed by atoms with Gasteiger partial charge < -0.3 is 19.1 Å². The van der Waals surface area contributed by atoms with Crippen LogP contribution in [0.4, 0.5) is 26.3 Å². The van der Waals surface area contributed by atoms with Crippen LogP contribution in [-0.4, -0.2) is 91.7 Å². The third-order valence-electron chi connectivity index (χ3n) is 10.0. The number of pyridine rings is 1. The molecular weight excluding hydrogens is 780 g/mol. The monoisotopic (exact) mass is 823 g/mol. The van der Waals surface area contributed by atoms with Crippen LogP contribution in [0, 0.1) is 23.2 Å². The van der Waals surface area contributed by atoms with Gasteiger partial charge in [-0.25, -0.2) is 9.71 Å². The molecule has 310 valence electrons. The summed E-state index contributed by atoms with van der Waals surface area (Å²) in [5.74, 6) is -12.9. The number of carbonyl (C=O) groups is 4. The Bertz CT molecular complexity index is 1940. The van der Waals surface area contributed by atoms with Crippen LogP contribution in [-0.2, 0) is 38.4 Å². The first-order chi connectivity index (χ1) is 25.9. The third-order valence-corrected chi connectivity index (χ3v) is 11.0. The molecule has 2 aliphatic carbocycles. The Labute approximate surface area is 319 Å². The number of amides is 2. The summed E-state index contributed by atoms with van der Waals surface area (Å²) in [5.41, 5.74) is -2.98. The van der Waals surface area contributed by atoms with Crippen molar-refractivity contribution < 1.29 is 72.3 Å². The SMILES string of the molecule is CC[C@@H]1C[C@]1(CC(=O)[C@@H]1CC(Oc2nccc3cc(OC)ccc23)CN1C(=O)[C@@H](CC(=O)OC(C)(C)C)C(C(F)(F)F)C(F)(F)F)C(=O)NS(=O)(=O)OC1CC1. The van der Waals surface area contributed by atoms with Gasteiger partial charge in [0.15, 0.2) is 11.7 Å². The molecular formula is C36H43F6N3O10S. The summed E-state index contributed by atoms with van der Waals surface area (Å²) in [7, 11) is -3.14. The number of likely N-dealkylation sites (tertiary alicyclic amines) is 1. The molecule has 5 rings (SSSR count). The zero-order valence-electron chi connectivity index (χ0n) is 31.2. The molecule has 1 aliphatic heterocycles. The summed E-state index contributed by atoms with van der Waals surface area (Å²) in [4.78, 5) is 59.5. The molecule has 1 saturated heterocycles. The summed E-state index contributed by atoms with van der Waals surface area (Å²) >= 11 is 0. The Kier molecular flexibility index (Phi) is 12.0. The predicted octanol–water partition coefficient (Wildman–Crippen LogP) is 5.60. The van der Waals surface area contributed by atoms with Gasteiger partial charge in [-0.2, -0.15) is 34.8 Å². The molecule has 56 heavy (non-hydrogen) atoms. The first-order valence-electron chi connectivity index (χ1n) is 17.9. The van der Waals surface area contributed by atoms with Crippen molar-refractivity contribution in [3.63, 3.8) is 0 Å². The normalized spacial score (nSPS) is 23.5. The molecule has 1 aromatic heterocycles. The summed E-state index contributed by atoms with van der Waals surface area (Å²) < 4.78 is 134. The second-order valence-electron chi connectivity index (χ2n) is 15.4. The number of fused-ring (bicyclic) bond motifs is 1. The number of carbonyl (C=O) groups excluding carboxylic acids is 4. The van der Waals surface area contributed by atoms with E-state index < -0.39 is 119 Å². The Morgan fingerprint density at radius 2 is 1.68 bits per heavy atom. The van der Waals surface area contributed by atoms with Crippen LogP contribution in [0.1, 0.15) is 72.6 Å². The number of alkyl halides is 6. The van der Waals surface area contributed by atoms with Crippen LogP contribution < -0.4 is 14.2 Å². The lowest BCUT2D eigenvalue weighted by molar-refractivity contribution is -0.297. The van der Waals surface area contributed by atoms with Gasteiger partial charge in [-0.3, -0.25) is 23.4 Å². The van der Waals surface area contributed by atoms with Crippen molar-refractivity contribution in [2.24, 2.45) is 23.2 Å². The maximum atomic E-state index is 14.3. The van der Waals surface area contributed by atoms with Crippen LogP contribution in [0.15, 0.2) is 30.5 Å². The molecule has 1 aromatic carbocycles. The Morgan fingerprint density at radius 3 is 2.23 bits per heavy atom. The van der Waals surface area contributed by atoms with Gasteiger partial charge in [-0.15, -0.1) is 0 Å². The molecule has 3 aliphatic rings. The number of hydrogen-bond donors (Lipinski definition) is 1. The van der Waals surface area contributed by atoms with Gasteiger partial charge in [-0.05, 0) is 75.6 Å². The minimum atomic E-state index is -6.07. The number of halogens is 6. The first kappa shape index (κ1) is 42.9. The molecule has 2 aromatic rings. The maximum Gasteiger partial charge on any atom is 0.401 e. The highest BCUT2D eigenvalue weighted by atomic mass is 32.2. The standard InChI is InChI=1S/C36H43F6N3O10S/c1-6-20-16-34(20,32(49)44-56(50,51)55-21-7-8-21)17-27(46)26-14-23(53-30-24-10-9-22(52-5)13-19(24)11-12-43-30)18-45(26)31(48)25(15-28(47)54-33(2,3)4)29(35(37,38)39)36(40,41)42/h9-13,20-21,23,25-26,29H,6-8,14-18H2,1-5H3,(H,44,49)/t20-,23?,25+,26+,34-/m1/s1. The lowest BCUT2D eigenvalue weighted by Crippen LogP contribution is -2.52. The zero-order valence-corrected chi connectivity index (χ0v) is 32.0. The number of ketones is 1. The van der Waals surface area contributed by atoms with Crippen LogP contribution in [0.5, 0.6) is 11.6 Å². The van der Waals surface area contributed by atoms with E-state index >= 15 is 0 Å². The largest absolute Gasteiger partial charge is 0.497 e. The molecule has 2 heterocycles. The van der Waals surface area contributed by atoms with Gasteiger partial charge in [0.1, 0.15) is 17.5 Å². The van der Waals surface area contributed by atoms with E-state index in [9.17, 15) is 53.9 Å². The summed E-state index contributed by atoms with van der Waals surface area (Å²) in [6, 6.07) is 4.69. The number of rotatable bonds is 15. The molecule has 2 amide bonds. The second-order valence-corrected chi connectivity index (χ2v) is 16.7. The van der Waals surface area contributed by atoms with Crippen LogP contribution >= 0.6 is 0 Å². The number of benzene rings is 1. The average molecular weight is 824 g/mol. The fraction of sp³-hybridized carbons (Fsp3) is 0.639. The fourth-order valence-corrected chi connectivity index (χ4v) is 8.24. The molecule has 20 heteroatoms. The first-order valence-corrected chi connectivity index (χ1v) is 19.3. The molecule has 13 nitrogen and oxygen atoms in total. The lowest BCUT2D eigenvalue weighted by atomic mass is 9.85. The van der Waals surface area contributed by atoms with E-state index in [1.165, 1.54) is 34.1 Å². The number of esters is 1. The van der Waals surface area contributed by atoms with Crippen LogP contribution in [0.3, 0.4) is 0 Å². The minimum absolute atomic E-state index is 0.0233. The lowest BCUT2D eigenvalue weighted by Gasteiger charge is -2.34. The molecule has 3 fully saturated rings. The topological polar surface area (TPSA) is 168 Å². The Morgan fingerprint density at radius 1 is 1.02 bits per heavy atom. The van der Waals surface area contributed by atoms with Crippen molar-refractivity contribution in [3.05, 3.63) is 30.5 Å². The van der Waals surface area contributed by atoms with Gasteiger partial charge in [-0.1, -0.05) is 13.3 Å². The highest BCUT2D eigenvalue weighted by Gasteiger charge is 2.65. The van der Waals surface area contributed by atoms with Gasteiger partial charge in [0, 0.05) is 24.4 Å². The number of Topliss-reactive ketones (excluding diaryl/α,β-unsaturated/α-hetero) is 1.